The minimum Gasteiger partial charge on any atom is -0.381 e. The number of nitrogens with zero attached hydrogens (tertiary/aromatic N) is 4. The fourth-order valence-electron chi connectivity index (χ4n) is 3.09. The molecule has 2 heterocycles. The van der Waals surface area contributed by atoms with Crippen molar-refractivity contribution in [2.45, 2.75) is 38.8 Å². The van der Waals surface area contributed by atoms with E-state index in [2.05, 4.69) is 51.8 Å². The minimum atomic E-state index is 0.701. The molecular formula is C21H26N4OS. The van der Waals surface area contributed by atoms with E-state index >= 15 is 0 Å². The third-order valence-corrected chi connectivity index (χ3v) is 5.30. The number of pyridine rings is 1. The van der Waals surface area contributed by atoms with Gasteiger partial charge in [0.25, 0.3) is 0 Å². The van der Waals surface area contributed by atoms with Gasteiger partial charge in [0.1, 0.15) is 0 Å². The van der Waals surface area contributed by atoms with Crippen molar-refractivity contribution in [1.29, 1.82) is 0 Å². The second-order valence-electron chi connectivity index (χ2n) is 6.06. The molecule has 0 saturated carbocycles. The van der Waals surface area contributed by atoms with E-state index in [1.165, 1.54) is 16.8 Å². The molecule has 0 aliphatic carbocycles. The SMILES string of the molecule is CCOCCSc1nnc(-c2cccnc2)n1-c1c(CC)cccc1CC. The molecule has 1 aromatic carbocycles. The van der Waals surface area contributed by atoms with Gasteiger partial charge >= 0.3 is 0 Å². The summed E-state index contributed by atoms with van der Waals surface area (Å²) in [5.74, 6) is 1.67. The standard InChI is InChI=1S/C21H26N4OS/c1-4-16-9-7-10-17(5-2)19(16)25-20(18-11-8-12-22-15-18)23-24-21(25)27-14-13-26-6-3/h7-12,15H,4-6,13-14H2,1-3H3. The first-order valence-electron chi connectivity index (χ1n) is 9.47. The van der Waals surface area contributed by atoms with Crippen molar-refractivity contribution < 1.29 is 4.74 Å². The Morgan fingerprint density at radius 1 is 1.00 bits per heavy atom. The first-order chi connectivity index (χ1) is 13.3. The second kappa shape index (κ2) is 9.67. The number of thioether (sulfide) groups is 1. The van der Waals surface area contributed by atoms with Crippen molar-refractivity contribution in [3.63, 3.8) is 0 Å². The average molecular weight is 383 g/mol. The monoisotopic (exact) mass is 382 g/mol. The van der Waals surface area contributed by atoms with E-state index < -0.39 is 0 Å². The van der Waals surface area contributed by atoms with Gasteiger partial charge in [-0.05, 0) is 43.0 Å². The van der Waals surface area contributed by atoms with E-state index in [1.807, 2.05) is 25.3 Å². The summed E-state index contributed by atoms with van der Waals surface area (Å²) in [5, 5.41) is 9.93. The Morgan fingerprint density at radius 2 is 1.78 bits per heavy atom. The lowest BCUT2D eigenvalue weighted by Gasteiger charge is -2.17. The summed E-state index contributed by atoms with van der Waals surface area (Å²) >= 11 is 1.68. The minimum absolute atomic E-state index is 0.701. The molecule has 0 amide bonds. The van der Waals surface area contributed by atoms with Gasteiger partial charge in [-0.25, -0.2) is 0 Å². The maximum Gasteiger partial charge on any atom is 0.196 e. The summed E-state index contributed by atoms with van der Waals surface area (Å²) in [5.41, 5.74) is 4.76. The van der Waals surface area contributed by atoms with Crippen LogP contribution in [0.2, 0.25) is 0 Å². The Hall–Kier alpha value is -2.18. The van der Waals surface area contributed by atoms with Crippen LogP contribution in [0.15, 0.2) is 47.9 Å². The number of ether oxygens (including phenoxy) is 1. The van der Waals surface area contributed by atoms with Crippen molar-refractivity contribution in [3.05, 3.63) is 53.9 Å². The molecule has 0 unspecified atom stereocenters. The summed E-state index contributed by atoms with van der Waals surface area (Å²) in [4.78, 5) is 4.27. The topological polar surface area (TPSA) is 52.8 Å². The zero-order valence-corrected chi connectivity index (χ0v) is 17.0. The van der Waals surface area contributed by atoms with Crippen molar-refractivity contribution in [2.75, 3.05) is 19.0 Å². The number of para-hydroxylation sites is 1. The van der Waals surface area contributed by atoms with Gasteiger partial charge in [-0.1, -0.05) is 43.8 Å². The molecule has 0 bridgehead atoms. The number of hydrogen-bond acceptors (Lipinski definition) is 5. The molecule has 6 heteroatoms. The van der Waals surface area contributed by atoms with E-state index in [0.717, 1.165) is 41.7 Å². The van der Waals surface area contributed by atoms with E-state index in [-0.39, 0.29) is 0 Å². The highest BCUT2D eigenvalue weighted by Gasteiger charge is 2.20. The van der Waals surface area contributed by atoms with Crippen molar-refractivity contribution >= 4 is 11.8 Å². The van der Waals surface area contributed by atoms with Gasteiger partial charge in [0.2, 0.25) is 0 Å². The first-order valence-corrected chi connectivity index (χ1v) is 10.5. The number of aromatic nitrogens is 4. The third kappa shape index (κ3) is 4.39. The van der Waals surface area contributed by atoms with E-state index in [1.54, 1.807) is 18.0 Å². The van der Waals surface area contributed by atoms with E-state index in [0.29, 0.717) is 6.61 Å². The fourth-order valence-corrected chi connectivity index (χ4v) is 3.87. The van der Waals surface area contributed by atoms with Crippen LogP contribution in [0.3, 0.4) is 0 Å². The lowest BCUT2D eigenvalue weighted by Crippen LogP contribution is -2.08. The van der Waals surface area contributed by atoms with Gasteiger partial charge in [0.15, 0.2) is 11.0 Å². The van der Waals surface area contributed by atoms with Crippen molar-refractivity contribution in [3.8, 4) is 17.1 Å². The second-order valence-corrected chi connectivity index (χ2v) is 7.12. The van der Waals surface area contributed by atoms with Gasteiger partial charge in [-0.15, -0.1) is 10.2 Å². The molecule has 0 aliphatic heterocycles. The lowest BCUT2D eigenvalue weighted by molar-refractivity contribution is 0.164. The van der Waals surface area contributed by atoms with Gasteiger partial charge in [0, 0.05) is 30.3 Å². The molecule has 0 saturated heterocycles. The third-order valence-electron chi connectivity index (χ3n) is 4.40. The van der Waals surface area contributed by atoms with E-state index in [9.17, 15) is 0 Å². The molecule has 0 fully saturated rings. The van der Waals surface area contributed by atoms with Gasteiger partial charge in [-0.3, -0.25) is 9.55 Å². The molecule has 0 atom stereocenters. The molecule has 3 aromatic rings. The number of hydrogen-bond donors (Lipinski definition) is 0. The predicted molar refractivity (Wildman–Crippen MR) is 111 cm³/mol. The van der Waals surface area contributed by atoms with Crippen LogP contribution in [-0.2, 0) is 17.6 Å². The van der Waals surface area contributed by atoms with Crippen LogP contribution in [0, 0.1) is 0 Å². The Morgan fingerprint density at radius 3 is 2.41 bits per heavy atom. The van der Waals surface area contributed by atoms with Crippen molar-refractivity contribution in [2.24, 2.45) is 0 Å². The Labute approximate surface area is 165 Å². The summed E-state index contributed by atoms with van der Waals surface area (Å²) in [6, 6.07) is 10.5. The quantitative estimate of drug-likeness (QED) is 0.400. The highest BCUT2D eigenvalue weighted by atomic mass is 32.2. The average Bonchev–Trinajstić information content (AvgIpc) is 3.14. The van der Waals surface area contributed by atoms with Crippen LogP contribution in [-0.4, -0.2) is 38.7 Å². The Kier molecular flexibility index (Phi) is 7.01. The van der Waals surface area contributed by atoms with E-state index in [4.69, 9.17) is 4.74 Å². The molecule has 3 rings (SSSR count). The highest BCUT2D eigenvalue weighted by molar-refractivity contribution is 7.99. The summed E-state index contributed by atoms with van der Waals surface area (Å²) in [6.45, 7) is 7.82. The molecule has 142 valence electrons. The Bertz CT molecular complexity index is 842. The number of aryl methyl sites for hydroxylation is 2. The molecule has 27 heavy (non-hydrogen) atoms. The normalized spacial score (nSPS) is 11.1. The van der Waals surface area contributed by atoms with Gasteiger partial charge < -0.3 is 4.74 Å². The largest absolute Gasteiger partial charge is 0.381 e. The Balaban J connectivity index is 2.13. The van der Waals surface area contributed by atoms with Gasteiger partial charge in [0.05, 0.1) is 12.3 Å². The molecule has 0 N–H and O–H groups in total. The zero-order valence-electron chi connectivity index (χ0n) is 16.2. The smallest absolute Gasteiger partial charge is 0.196 e. The van der Waals surface area contributed by atoms with Crippen LogP contribution in [0.5, 0.6) is 0 Å². The summed E-state index contributed by atoms with van der Waals surface area (Å²) in [6.07, 6.45) is 5.53. The lowest BCUT2D eigenvalue weighted by atomic mass is 10.0. The van der Waals surface area contributed by atoms with Crippen LogP contribution in [0.25, 0.3) is 17.1 Å². The molecule has 2 aromatic heterocycles. The predicted octanol–water partition coefficient (Wildman–Crippen LogP) is 4.58. The number of rotatable bonds is 9. The number of benzene rings is 1. The fraction of sp³-hybridized carbons (Fsp3) is 0.381. The first kappa shape index (κ1) is 19.6. The van der Waals surface area contributed by atoms with Crippen LogP contribution in [0.1, 0.15) is 31.9 Å². The zero-order chi connectivity index (χ0) is 19.1. The van der Waals surface area contributed by atoms with Crippen LogP contribution >= 0.6 is 11.8 Å². The maximum atomic E-state index is 5.49. The highest BCUT2D eigenvalue weighted by Crippen LogP contribution is 2.31. The van der Waals surface area contributed by atoms with Crippen LogP contribution < -0.4 is 0 Å². The molecular weight excluding hydrogens is 356 g/mol. The molecule has 0 spiro atoms. The molecule has 0 radical (unpaired) electrons. The molecule has 5 nitrogen and oxygen atoms in total. The maximum absolute atomic E-state index is 5.49. The summed E-state index contributed by atoms with van der Waals surface area (Å²) < 4.78 is 7.69. The molecule has 0 aliphatic rings. The summed E-state index contributed by atoms with van der Waals surface area (Å²) in [7, 11) is 0. The van der Waals surface area contributed by atoms with Crippen molar-refractivity contribution in [1.82, 2.24) is 19.7 Å². The van der Waals surface area contributed by atoms with Gasteiger partial charge in [-0.2, -0.15) is 0 Å². The van der Waals surface area contributed by atoms with Crippen LogP contribution in [0.4, 0.5) is 0 Å².